The molecular formula is C19H22N2O3. The standard InChI is InChI=1S/C19H22N2O3/c1-13-7-6-8-14(2)17(13)21-19(24)18(23)20-12-16(22)11-15-9-4-3-5-10-15/h3-10,16,22H,11-12H2,1-2H3,(H,20,23)(H,21,24). The Morgan fingerprint density at radius 3 is 2.21 bits per heavy atom. The predicted octanol–water partition coefficient (Wildman–Crippen LogP) is 1.96. The van der Waals surface area contributed by atoms with E-state index < -0.39 is 17.9 Å². The number of para-hydroxylation sites is 1. The van der Waals surface area contributed by atoms with Gasteiger partial charge in [-0.2, -0.15) is 0 Å². The lowest BCUT2D eigenvalue weighted by Crippen LogP contribution is -2.40. The maximum atomic E-state index is 12.0. The van der Waals surface area contributed by atoms with Gasteiger partial charge in [-0.05, 0) is 30.5 Å². The molecule has 2 rings (SSSR count). The molecule has 2 aromatic carbocycles. The van der Waals surface area contributed by atoms with Crippen LogP contribution in [0.15, 0.2) is 48.5 Å². The van der Waals surface area contributed by atoms with Gasteiger partial charge in [-0.25, -0.2) is 0 Å². The van der Waals surface area contributed by atoms with Crippen LogP contribution in [0.3, 0.4) is 0 Å². The molecule has 0 aromatic heterocycles. The lowest BCUT2D eigenvalue weighted by molar-refractivity contribution is -0.136. The third-order valence-corrected chi connectivity index (χ3v) is 3.74. The maximum absolute atomic E-state index is 12.0. The molecule has 1 unspecified atom stereocenters. The average molecular weight is 326 g/mol. The molecule has 126 valence electrons. The van der Waals surface area contributed by atoms with Crippen molar-refractivity contribution in [3.8, 4) is 0 Å². The summed E-state index contributed by atoms with van der Waals surface area (Å²) in [7, 11) is 0. The first-order valence-corrected chi connectivity index (χ1v) is 7.84. The fraction of sp³-hybridized carbons (Fsp3) is 0.263. The first kappa shape index (κ1) is 17.7. The van der Waals surface area contributed by atoms with Crippen molar-refractivity contribution >= 4 is 17.5 Å². The molecule has 2 aromatic rings. The average Bonchev–Trinajstić information content (AvgIpc) is 2.57. The number of nitrogens with one attached hydrogen (secondary N) is 2. The highest BCUT2D eigenvalue weighted by molar-refractivity contribution is 6.39. The van der Waals surface area contributed by atoms with Crippen molar-refractivity contribution in [3.63, 3.8) is 0 Å². The molecule has 2 amide bonds. The van der Waals surface area contributed by atoms with Crippen molar-refractivity contribution in [2.75, 3.05) is 11.9 Å². The molecule has 0 saturated carbocycles. The van der Waals surface area contributed by atoms with Gasteiger partial charge in [0.25, 0.3) is 0 Å². The van der Waals surface area contributed by atoms with E-state index in [1.165, 1.54) is 0 Å². The van der Waals surface area contributed by atoms with Crippen LogP contribution in [-0.2, 0) is 16.0 Å². The Morgan fingerprint density at radius 2 is 1.58 bits per heavy atom. The summed E-state index contributed by atoms with van der Waals surface area (Å²) in [5, 5.41) is 15.0. The van der Waals surface area contributed by atoms with Gasteiger partial charge >= 0.3 is 11.8 Å². The molecular weight excluding hydrogens is 304 g/mol. The van der Waals surface area contributed by atoms with Crippen LogP contribution in [0.1, 0.15) is 16.7 Å². The van der Waals surface area contributed by atoms with Crippen LogP contribution in [0.2, 0.25) is 0 Å². The van der Waals surface area contributed by atoms with Crippen molar-refractivity contribution in [2.24, 2.45) is 0 Å². The maximum Gasteiger partial charge on any atom is 0.313 e. The predicted molar refractivity (Wildman–Crippen MR) is 93.7 cm³/mol. The Kier molecular flexibility index (Phi) is 6.09. The molecule has 5 heteroatoms. The van der Waals surface area contributed by atoms with Crippen LogP contribution < -0.4 is 10.6 Å². The lowest BCUT2D eigenvalue weighted by atomic mass is 10.1. The molecule has 0 spiro atoms. The van der Waals surface area contributed by atoms with Gasteiger partial charge in [0.15, 0.2) is 0 Å². The second kappa shape index (κ2) is 8.26. The SMILES string of the molecule is Cc1cccc(C)c1NC(=O)C(=O)NCC(O)Cc1ccccc1. The minimum absolute atomic E-state index is 0.0217. The number of rotatable bonds is 5. The number of hydrogen-bond acceptors (Lipinski definition) is 3. The van der Waals surface area contributed by atoms with E-state index in [9.17, 15) is 14.7 Å². The summed E-state index contributed by atoms with van der Waals surface area (Å²) in [4.78, 5) is 23.9. The van der Waals surface area contributed by atoms with E-state index in [0.29, 0.717) is 12.1 Å². The Balaban J connectivity index is 1.84. The highest BCUT2D eigenvalue weighted by Crippen LogP contribution is 2.19. The Bertz CT molecular complexity index is 694. The smallest absolute Gasteiger partial charge is 0.313 e. The van der Waals surface area contributed by atoms with Gasteiger partial charge in [0, 0.05) is 18.7 Å². The topological polar surface area (TPSA) is 78.4 Å². The number of carbonyl (C=O) groups excluding carboxylic acids is 2. The van der Waals surface area contributed by atoms with E-state index in [2.05, 4.69) is 10.6 Å². The number of aryl methyl sites for hydroxylation is 2. The van der Waals surface area contributed by atoms with E-state index in [1.54, 1.807) is 0 Å². The highest BCUT2D eigenvalue weighted by atomic mass is 16.3. The molecule has 0 heterocycles. The van der Waals surface area contributed by atoms with Crippen molar-refractivity contribution < 1.29 is 14.7 Å². The summed E-state index contributed by atoms with van der Waals surface area (Å²) in [5.41, 5.74) is 3.39. The molecule has 0 aliphatic rings. The summed E-state index contributed by atoms with van der Waals surface area (Å²) in [6.45, 7) is 3.75. The van der Waals surface area contributed by atoms with Crippen molar-refractivity contribution in [1.82, 2.24) is 5.32 Å². The minimum Gasteiger partial charge on any atom is -0.391 e. The Hall–Kier alpha value is -2.66. The van der Waals surface area contributed by atoms with Gasteiger partial charge in [-0.1, -0.05) is 48.5 Å². The fourth-order valence-electron chi connectivity index (χ4n) is 2.43. The number of anilines is 1. The molecule has 0 radical (unpaired) electrons. The Labute approximate surface area is 141 Å². The number of aliphatic hydroxyl groups is 1. The van der Waals surface area contributed by atoms with Gasteiger partial charge in [-0.15, -0.1) is 0 Å². The zero-order valence-electron chi connectivity index (χ0n) is 13.9. The van der Waals surface area contributed by atoms with Crippen LogP contribution >= 0.6 is 0 Å². The van der Waals surface area contributed by atoms with E-state index in [4.69, 9.17) is 0 Å². The summed E-state index contributed by atoms with van der Waals surface area (Å²) in [6, 6.07) is 15.1. The van der Waals surface area contributed by atoms with Crippen molar-refractivity contribution in [3.05, 3.63) is 65.2 Å². The molecule has 1 atom stereocenters. The minimum atomic E-state index is -0.759. The lowest BCUT2D eigenvalue weighted by Gasteiger charge is -2.13. The molecule has 0 aliphatic carbocycles. The molecule has 0 fully saturated rings. The summed E-state index contributed by atoms with van der Waals surface area (Å²) in [5.74, 6) is -1.50. The van der Waals surface area contributed by atoms with Crippen LogP contribution in [-0.4, -0.2) is 29.6 Å². The molecule has 0 bridgehead atoms. The quantitative estimate of drug-likeness (QED) is 0.735. The van der Waals surface area contributed by atoms with Crippen LogP contribution in [0.25, 0.3) is 0 Å². The van der Waals surface area contributed by atoms with E-state index in [0.717, 1.165) is 16.7 Å². The van der Waals surface area contributed by atoms with Crippen LogP contribution in [0, 0.1) is 13.8 Å². The summed E-state index contributed by atoms with van der Waals surface area (Å²) in [6.07, 6.45) is -0.330. The van der Waals surface area contributed by atoms with E-state index in [-0.39, 0.29) is 6.54 Å². The van der Waals surface area contributed by atoms with Crippen molar-refractivity contribution in [2.45, 2.75) is 26.4 Å². The van der Waals surface area contributed by atoms with Gasteiger partial charge in [-0.3, -0.25) is 9.59 Å². The fourth-order valence-corrected chi connectivity index (χ4v) is 2.43. The highest BCUT2D eigenvalue weighted by Gasteiger charge is 2.17. The largest absolute Gasteiger partial charge is 0.391 e. The third-order valence-electron chi connectivity index (χ3n) is 3.74. The number of benzene rings is 2. The monoisotopic (exact) mass is 326 g/mol. The molecule has 24 heavy (non-hydrogen) atoms. The second-order valence-electron chi connectivity index (χ2n) is 5.77. The third kappa shape index (κ3) is 4.93. The van der Waals surface area contributed by atoms with Gasteiger partial charge < -0.3 is 15.7 Å². The molecule has 0 saturated heterocycles. The van der Waals surface area contributed by atoms with E-state index >= 15 is 0 Å². The van der Waals surface area contributed by atoms with E-state index in [1.807, 2.05) is 62.4 Å². The van der Waals surface area contributed by atoms with Crippen molar-refractivity contribution in [1.29, 1.82) is 0 Å². The van der Waals surface area contributed by atoms with Gasteiger partial charge in [0.05, 0.1) is 6.10 Å². The number of amides is 2. The van der Waals surface area contributed by atoms with Crippen LogP contribution in [0.5, 0.6) is 0 Å². The number of hydrogen-bond donors (Lipinski definition) is 3. The normalized spacial score (nSPS) is 11.6. The zero-order chi connectivity index (χ0) is 17.5. The second-order valence-corrected chi connectivity index (χ2v) is 5.77. The number of aliphatic hydroxyl groups excluding tert-OH is 1. The first-order chi connectivity index (χ1) is 11.5. The number of carbonyl (C=O) groups is 2. The molecule has 5 nitrogen and oxygen atoms in total. The van der Waals surface area contributed by atoms with Crippen LogP contribution in [0.4, 0.5) is 5.69 Å². The molecule has 0 aliphatic heterocycles. The Morgan fingerprint density at radius 1 is 0.958 bits per heavy atom. The van der Waals surface area contributed by atoms with Gasteiger partial charge in [0.2, 0.25) is 0 Å². The summed E-state index contributed by atoms with van der Waals surface area (Å²) < 4.78 is 0. The molecule has 3 N–H and O–H groups in total. The zero-order valence-corrected chi connectivity index (χ0v) is 13.9. The first-order valence-electron chi connectivity index (χ1n) is 7.84. The van der Waals surface area contributed by atoms with Gasteiger partial charge in [0.1, 0.15) is 0 Å². The summed E-state index contributed by atoms with van der Waals surface area (Å²) >= 11 is 0.